The van der Waals surface area contributed by atoms with Crippen molar-refractivity contribution in [1.29, 1.82) is 0 Å². The second-order valence-electron chi connectivity index (χ2n) is 4.79. The van der Waals surface area contributed by atoms with Crippen LogP contribution in [0.2, 0.25) is 0 Å². The van der Waals surface area contributed by atoms with E-state index < -0.39 is 10.1 Å². The summed E-state index contributed by atoms with van der Waals surface area (Å²) in [5.74, 6) is 1.17. The molecule has 8 heteroatoms. The van der Waals surface area contributed by atoms with Gasteiger partial charge < -0.3 is 14.9 Å². The Hall–Kier alpha value is -1.35. The van der Waals surface area contributed by atoms with Crippen LogP contribution in [0.4, 0.5) is 0 Å². The van der Waals surface area contributed by atoms with Crippen molar-refractivity contribution >= 4 is 61.2 Å². The molecular formula is C16H16NaO6S. The summed E-state index contributed by atoms with van der Waals surface area (Å²) in [5, 5.41) is 2.95. The predicted molar refractivity (Wildman–Crippen MR) is 93.7 cm³/mol. The van der Waals surface area contributed by atoms with Gasteiger partial charge in [0.05, 0.1) is 19.1 Å². The minimum absolute atomic E-state index is 0. The van der Waals surface area contributed by atoms with E-state index in [1.54, 1.807) is 13.2 Å². The van der Waals surface area contributed by atoms with Gasteiger partial charge in [0.15, 0.2) is 0 Å². The minimum Gasteiger partial charge on any atom is -0.495 e. The SMILES string of the molecule is COc1c2ccccc2c(OC)c2cc(S(=O)(=O)O)ccc12.O.[Na]. The maximum absolute atomic E-state index is 11.4. The van der Waals surface area contributed by atoms with E-state index in [4.69, 9.17) is 9.47 Å². The first-order valence-electron chi connectivity index (χ1n) is 6.51. The van der Waals surface area contributed by atoms with Crippen LogP contribution in [-0.4, -0.2) is 62.2 Å². The van der Waals surface area contributed by atoms with Crippen LogP contribution in [0.3, 0.4) is 0 Å². The van der Waals surface area contributed by atoms with E-state index in [9.17, 15) is 13.0 Å². The molecule has 0 heterocycles. The molecule has 123 valence electrons. The van der Waals surface area contributed by atoms with E-state index >= 15 is 0 Å². The van der Waals surface area contributed by atoms with Crippen LogP contribution in [0, 0.1) is 0 Å². The molecule has 0 saturated carbocycles. The van der Waals surface area contributed by atoms with Crippen molar-refractivity contribution in [2.45, 2.75) is 4.90 Å². The molecule has 0 aliphatic heterocycles. The van der Waals surface area contributed by atoms with Crippen LogP contribution in [0.25, 0.3) is 21.5 Å². The molecule has 0 aliphatic carbocycles. The third-order valence-corrected chi connectivity index (χ3v) is 4.45. The maximum atomic E-state index is 11.4. The van der Waals surface area contributed by atoms with Gasteiger partial charge in [-0.3, -0.25) is 4.55 Å². The predicted octanol–water partition coefficient (Wildman–Crippen LogP) is 2.05. The number of ether oxygens (including phenoxy) is 2. The van der Waals surface area contributed by atoms with E-state index in [0.717, 1.165) is 10.8 Å². The quantitative estimate of drug-likeness (QED) is 0.438. The van der Waals surface area contributed by atoms with Gasteiger partial charge in [-0.05, 0) is 18.2 Å². The summed E-state index contributed by atoms with van der Waals surface area (Å²) < 4.78 is 43.0. The normalized spacial score (nSPS) is 10.8. The van der Waals surface area contributed by atoms with E-state index in [-0.39, 0.29) is 39.9 Å². The second-order valence-corrected chi connectivity index (χ2v) is 6.22. The zero-order chi connectivity index (χ0) is 15.9. The molecular weight excluding hydrogens is 343 g/mol. The fourth-order valence-electron chi connectivity index (χ4n) is 2.68. The molecule has 0 amide bonds. The average molecular weight is 359 g/mol. The van der Waals surface area contributed by atoms with Crippen LogP contribution < -0.4 is 9.47 Å². The molecule has 0 aliphatic rings. The van der Waals surface area contributed by atoms with Gasteiger partial charge in [0.25, 0.3) is 10.1 Å². The third kappa shape index (κ3) is 3.37. The molecule has 0 saturated heterocycles. The minimum atomic E-state index is -4.29. The average Bonchev–Trinajstić information content (AvgIpc) is 2.51. The Morgan fingerprint density at radius 3 is 1.75 bits per heavy atom. The molecule has 0 spiro atoms. The van der Waals surface area contributed by atoms with Crippen LogP contribution in [0.15, 0.2) is 47.4 Å². The molecule has 6 nitrogen and oxygen atoms in total. The summed E-state index contributed by atoms with van der Waals surface area (Å²) in [4.78, 5) is -0.185. The Balaban J connectivity index is 0.00000144. The summed E-state index contributed by atoms with van der Waals surface area (Å²) in [6, 6.07) is 11.9. The Kier molecular flexibility index (Phi) is 6.63. The topological polar surface area (TPSA) is 104 Å². The van der Waals surface area contributed by atoms with Crippen LogP contribution >= 0.6 is 0 Å². The number of fused-ring (bicyclic) bond motifs is 2. The third-order valence-electron chi connectivity index (χ3n) is 3.60. The summed E-state index contributed by atoms with van der Waals surface area (Å²) in [7, 11) is -1.21. The van der Waals surface area contributed by atoms with Gasteiger partial charge in [-0.2, -0.15) is 8.42 Å². The molecule has 24 heavy (non-hydrogen) atoms. The second kappa shape index (κ2) is 7.69. The molecule has 3 aromatic rings. The fraction of sp³-hybridized carbons (Fsp3) is 0.125. The van der Waals surface area contributed by atoms with Gasteiger partial charge >= 0.3 is 0 Å². The Labute approximate surface area is 161 Å². The molecule has 3 rings (SSSR count). The monoisotopic (exact) mass is 359 g/mol. The first-order chi connectivity index (χ1) is 10.5. The van der Waals surface area contributed by atoms with Crippen molar-refractivity contribution in [3.63, 3.8) is 0 Å². The van der Waals surface area contributed by atoms with Gasteiger partial charge in [-0.15, -0.1) is 0 Å². The zero-order valence-corrected chi connectivity index (χ0v) is 16.3. The van der Waals surface area contributed by atoms with Crippen molar-refractivity contribution < 1.29 is 27.9 Å². The van der Waals surface area contributed by atoms with E-state index in [1.165, 1.54) is 19.2 Å². The van der Waals surface area contributed by atoms with Crippen molar-refractivity contribution in [2.24, 2.45) is 0 Å². The van der Waals surface area contributed by atoms with Crippen molar-refractivity contribution in [3.05, 3.63) is 42.5 Å². The first kappa shape index (κ1) is 20.7. The molecule has 3 aromatic carbocycles. The Morgan fingerprint density at radius 1 is 0.833 bits per heavy atom. The summed E-state index contributed by atoms with van der Waals surface area (Å²) in [5.41, 5.74) is 0. The molecule has 1 radical (unpaired) electrons. The fourth-order valence-corrected chi connectivity index (χ4v) is 3.19. The molecule has 0 fully saturated rings. The van der Waals surface area contributed by atoms with Crippen molar-refractivity contribution in [3.8, 4) is 11.5 Å². The standard InChI is InChI=1S/C16H14O5S.Na.H2O/c1-20-15-11-5-3-4-6-12(11)16(21-2)14-9-10(22(17,18)19)7-8-13(14)15;;/h3-9H,1-2H3,(H,17,18,19);;1H2. The van der Waals surface area contributed by atoms with Crippen molar-refractivity contribution in [2.75, 3.05) is 14.2 Å². The number of hydrogen-bond donors (Lipinski definition) is 1. The molecule has 0 atom stereocenters. The largest absolute Gasteiger partial charge is 0.495 e. The first-order valence-corrected chi connectivity index (χ1v) is 7.95. The summed E-state index contributed by atoms with van der Waals surface area (Å²) >= 11 is 0. The van der Waals surface area contributed by atoms with E-state index in [0.29, 0.717) is 22.3 Å². The van der Waals surface area contributed by atoms with Crippen LogP contribution in [0.1, 0.15) is 0 Å². The maximum Gasteiger partial charge on any atom is 0.294 e. The van der Waals surface area contributed by atoms with Crippen LogP contribution in [-0.2, 0) is 10.1 Å². The summed E-state index contributed by atoms with van der Waals surface area (Å²) in [6.45, 7) is 0. The number of methoxy groups -OCH3 is 2. The molecule has 0 bridgehead atoms. The number of benzene rings is 3. The van der Waals surface area contributed by atoms with E-state index in [1.807, 2.05) is 24.3 Å². The molecule has 3 N–H and O–H groups in total. The molecule has 0 aromatic heterocycles. The number of hydrogen-bond acceptors (Lipinski definition) is 4. The Morgan fingerprint density at radius 2 is 1.29 bits per heavy atom. The summed E-state index contributed by atoms with van der Waals surface area (Å²) in [6.07, 6.45) is 0. The van der Waals surface area contributed by atoms with Gasteiger partial charge in [0.2, 0.25) is 0 Å². The van der Waals surface area contributed by atoms with Gasteiger partial charge in [0, 0.05) is 51.1 Å². The van der Waals surface area contributed by atoms with Crippen LogP contribution in [0.5, 0.6) is 11.5 Å². The van der Waals surface area contributed by atoms with Crippen molar-refractivity contribution in [1.82, 2.24) is 0 Å². The number of rotatable bonds is 3. The van der Waals surface area contributed by atoms with Gasteiger partial charge in [-0.25, -0.2) is 0 Å². The van der Waals surface area contributed by atoms with Gasteiger partial charge in [-0.1, -0.05) is 24.3 Å². The Bertz CT molecular complexity index is 985. The zero-order valence-electron chi connectivity index (χ0n) is 13.5. The molecule has 0 unspecified atom stereocenters. The smallest absolute Gasteiger partial charge is 0.294 e. The van der Waals surface area contributed by atoms with E-state index in [2.05, 4.69) is 0 Å². The van der Waals surface area contributed by atoms with Gasteiger partial charge in [0.1, 0.15) is 11.5 Å².